The van der Waals surface area contributed by atoms with E-state index in [0.29, 0.717) is 16.3 Å². The Hall–Kier alpha value is -4.44. The highest BCUT2D eigenvalue weighted by Gasteiger charge is 2.54. The fraction of sp³-hybridized carbons (Fsp3) is 0.115. The molecule has 10 heteroatoms. The Labute approximate surface area is 211 Å². The van der Waals surface area contributed by atoms with E-state index in [-0.39, 0.29) is 5.75 Å². The molecule has 0 atom stereocenters. The zero-order valence-corrected chi connectivity index (χ0v) is 20.1. The summed E-state index contributed by atoms with van der Waals surface area (Å²) in [5.41, 5.74) is 4.11. The Morgan fingerprint density at radius 1 is 0.944 bits per heavy atom. The minimum absolute atomic E-state index is 0.0781. The third kappa shape index (κ3) is 4.11. The minimum Gasteiger partial charge on any atom is -0.314 e. The number of amides is 4. The molecule has 0 radical (unpaired) electrons. The number of carbonyl (C=O) groups excluding carboxylic acids is 3. The second-order valence-electron chi connectivity index (χ2n) is 8.15. The summed E-state index contributed by atoms with van der Waals surface area (Å²) < 4.78 is 1.79. The normalized spacial score (nSPS) is 14.5. The van der Waals surface area contributed by atoms with Crippen LogP contribution >= 0.6 is 11.8 Å². The summed E-state index contributed by atoms with van der Waals surface area (Å²) in [7, 11) is 0. The number of hydrogen-bond acceptors (Lipinski definition) is 6. The molecule has 0 saturated carbocycles. The summed E-state index contributed by atoms with van der Waals surface area (Å²) in [6.45, 7) is 1.97. The van der Waals surface area contributed by atoms with Crippen LogP contribution in [0.5, 0.6) is 0 Å². The largest absolute Gasteiger partial charge is 0.344 e. The molecular formula is C26H22N6O3S. The van der Waals surface area contributed by atoms with Crippen molar-refractivity contribution in [2.45, 2.75) is 17.6 Å². The Kier molecular flexibility index (Phi) is 6.26. The quantitative estimate of drug-likeness (QED) is 0.299. The fourth-order valence-electron chi connectivity index (χ4n) is 4.17. The van der Waals surface area contributed by atoms with Crippen molar-refractivity contribution in [1.29, 1.82) is 0 Å². The van der Waals surface area contributed by atoms with E-state index in [0.717, 1.165) is 28.0 Å². The van der Waals surface area contributed by atoms with Crippen LogP contribution in [-0.4, -0.2) is 43.4 Å². The van der Waals surface area contributed by atoms with Crippen molar-refractivity contribution in [3.63, 3.8) is 0 Å². The van der Waals surface area contributed by atoms with Crippen LogP contribution in [0.15, 0.2) is 96.4 Å². The molecule has 36 heavy (non-hydrogen) atoms. The lowest BCUT2D eigenvalue weighted by Crippen LogP contribution is -2.49. The lowest BCUT2D eigenvalue weighted by atomic mass is 9.83. The highest BCUT2D eigenvalue weighted by molar-refractivity contribution is 7.99. The molecule has 1 aromatic heterocycles. The monoisotopic (exact) mass is 498 g/mol. The van der Waals surface area contributed by atoms with E-state index in [4.69, 9.17) is 0 Å². The van der Waals surface area contributed by atoms with E-state index >= 15 is 0 Å². The first kappa shape index (κ1) is 23.3. The number of nitrogens with one attached hydrogen (secondary N) is 2. The molecule has 4 amide bonds. The summed E-state index contributed by atoms with van der Waals surface area (Å²) in [5, 5.41) is 12.1. The number of hydrogen-bond donors (Lipinski definition) is 2. The maximum atomic E-state index is 13.7. The van der Waals surface area contributed by atoms with Gasteiger partial charge in [-0.15, -0.1) is 10.2 Å². The van der Waals surface area contributed by atoms with Gasteiger partial charge in [0.05, 0.1) is 11.4 Å². The number of thioether (sulfide) groups is 1. The van der Waals surface area contributed by atoms with Crippen molar-refractivity contribution in [3.05, 3.63) is 108 Å². The number of aryl methyl sites for hydroxylation is 1. The van der Waals surface area contributed by atoms with Gasteiger partial charge in [0.25, 0.3) is 5.91 Å². The van der Waals surface area contributed by atoms with Gasteiger partial charge in [0.2, 0.25) is 5.91 Å². The van der Waals surface area contributed by atoms with Crippen molar-refractivity contribution >= 4 is 29.6 Å². The van der Waals surface area contributed by atoms with E-state index < -0.39 is 23.4 Å². The van der Waals surface area contributed by atoms with E-state index in [1.54, 1.807) is 59.4 Å². The second-order valence-corrected chi connectivity index (χ2v) is 9.09. The van der Waals surface area contributed by atoms with Gasteiger partial charge in [-0.05, 0) is 29.7 Å². The van der Waals surface area contributed by atoms with Crippen molar-refractivity contribution < 1.29 is 14.4 Å². The highest BCUT2D eigenvalue weighted by atomic mass is 32.2. The molecule has 0 spiro atoms. The van der Waals surface area contributed by atoms with E-state index in [1.165, 1.54) is 0 Å². The van der Waals surface area contributed by atoms with Crippen LogP contribution in [0.3, 0.4) is 0 Å². The van der Waals surface area contributed by atoms with Gasteiger partial charge in [-0.25, -0.2) is 4.79 Å². The molecule has 0 unspecified atom stereocenters. The Morgan fingerprint density at radius 2 is 1.56 bits per heavy atom. The second kappa shape index (κ2) is 9.67. The molecule has 3 aromatic carbocycles. The summed E-state index contributed by atoms with van der Waals surface area (Å²) in [4.78, 5) is 39.4. The van der Waals surface area contributed by atoms with Crippen LogP contribution in [0.25, 0.3) is 5.69 Å². The van der Waals surface area contributed by atoms with E-state index in [1.807, 2.05) is 43.3 Å². The number of benzene rings is 3. The van der Waals surface area contributed by atoms with Crippen LogP contribution in [0.2, 0.25) is 0 Å². The number of carbonyl (C=O) groups is 3. The van der Waals surface area contributed by atoms with E-state index in [2.05, 4.69) is 20.9 Å². The summed E-state index contributed by atoms with van der Waals surface area (Å²) in [6, 6.07) is 24.9. The number of urea groups is 1. The molecular weight excluding hydrogens is 476 g/mol. The molecule has 1 aliphatic rings. The fourth-order valence-corrected chi connectivity index (χ4v) is 4.89. The van der Waals surface area contributed by atoms with Crippen LogP contribution in [0.4, 0.5) is 4.79 Å². The van der Waals surface area contributed by atoms with Gasteiger partial charge in [0.1, 0.15) is 6.33 Å². The smallest absolute Gasteiger partial charge is 0.314 e. The topological polar surface area (TPSA) is 109 Å². The average molecular weight is 499 g/mol. The zero-order valence-electron chi connectivity index (χ0n) is 19.3. The first-order valence-corrected chi connectivity index (χ1v) is 12.2. The average Bonchev–Trinajstić information content (AvgIpc) is 3.47. The Morgan fingerprint density at radius 3 is 2.19 bits per heavy atom. The number of para-hydroxylation sites is 1. The molecule has 4 aromatic rings. The van der Waals surface area contributed by atoms with Crippen molar-refractivity contribution in [1.82, 2.24) is 30.5 Å². The van der Waals surface area contributed by atoms with Gasteiger partial charge in [-0.3, -0.25) is 19.6 Å². The summed E-state index contributed by atoms with van der Waals surface area (Å²) >= 11 is 1.15. The van der Waals surface area contributed by atoms with Crippen molar-refractivity contribution in [2.24, 2.45) is 0 Å². The highest BCUT2D eigenvalue weighted by Crippen LogP contribution is 2.35. The van der Waals surface area contributed by atoms with Gasteiger partial charge < -0.3 is 5.32 Å². The molecule has 2 N–H and O–H groups in total. The number of rotatable bonds is 7. The predicted octanol–water partition coefficient (Wildman–Crippen LogP) is 3.19. The van der Waals surface area contributed by atoms with Gasteiger partial charge in [-0.1, -0.05) is 90.6 Å². The van der Waals surface area contributed by atoms with Gasteiger partial charge in [0, 0.05) is 0 Å². The lowest BCUT2D eigenvalue weighted by molar-refractivity contribution is -0.137. The molecule has 180 valence electrons. The summed E-state index contributed by atoms with van der Waals surface area (Å²) in [5.74, 6) is -1.20. The van der Waals surface area contributed by atoms with Crippen LogP contribution in [0.1, 0.15) is 16.7 Å². The molecule has 5 rings (SSSR count). The molecule has 2 heterocycles. The first-order valence-electron chi connectivity index (χ1n) is 11.2. The van der Waals surface area contributed by atoms with Crippen LogP contribution in [0, 0.1) is 6.92 Å². The van der Waals surface area contributed by atoms with Crippen molar-refractivity contribution in [2.75, 3.05) is 5.75 Å². The maximum absolute atomic E-state index is 13.7. The van der Waals surface area contributed by atoms with Crippen molar-refractivity contribution in [3.8, 4) is 5.69 Å². The zero-order chi connectivity index (χ0) is 25.1. The minimum atomic E-state index is -1.45. The molecule has 1 fully saturated rings. The molecule has 9 nitrogen and oxygen atoms in total. The third-order valence-corrected chi connectivity index (χ3v) is 6.84. The van der Waals surface area contributed by atoms with E-state index in [9.17, 15) is 14.4 Å². The molecule has 1 saturated heterocycles. The van der Waals surface area contributed by atoms with Gasteiger partial charge in [0.15, 0.2) is 10.7 Å². The Bertz CT molecular complexity index is 1380. The maximum Gasteiger partial charge on any atom is 0.344 e. The number of imide groups is 1. The first-order chi connectivity index (χ1) is 17.5. The number of aromatic nitrogens is 3. The summed E-state index contributed by atoms with van der Waals surface area (Å²) in [6.07, 6.45) is 1.58. The van der Waals surface area contributed by atoms with Gasteiger partial charge >= 0.3 is 6.03 Å². The molecule has 0 aliphatic carbocycles. The SMILES string of the molecule is Cc1ccccc1-n1cnnc1SCC(=O)NN1C(=O)NC(c2ccccc2)(c2ccccc2)C1=O. The molecule has 1 aliphatic heterocycles. The van der Waals surface area contributed by atoms with Gasteiger partial charge in [-0.2, -0.15) is 5.01 Å². The third-order valence-electron chi connectivity index (χ3n) is 5.90. The molecule has 0 bridgehead atoms. The standard InChI is InChI=1S/C26H22N6O3S/c1-18-10-8-9-15-21(18)31-17-27-29-25(31)36-16-22(33)30-32-23(34)26(28-24(32)35,19-11-4-2-5-12-19)20-13-6-3-7-14-20/h2-15,17H,16H2,1H3,(H,28,35)(H,30,33). The number of hydrazine groups is 1. The van der Waals surface area contributed by atoms with Crippen LogP contribution < -0.4 is 10.7 Å². The predicted molar refractivity (Wildman–Crippen MR) is 134 cm³/mol. The number of nitrogens with zero attached hydrogens (tertiary/aromatic N) is 4. The Balaban J connectivity index is 1.35. The van der Waals surface area contributed by atoms with Crippen LogP contribution in [-0.2, 0) is 15.1 Å². The lowest BCUT2D eigenvalue weighted by Gasteiger charge is -2.27.